The molecule has 6 heteroatoms. The summed E-state index contributed by atoms with van der Waals surface area (Å²) >= 11 is 0. The van der Waals surface area contributed by atoms with E-state index in [1.807, 2.05) is 6.92 Å². The highest BCUT2D eigenvalue weighted by Gasteiger charge is 2.38. The van der Waals surface area contributed by atoms with Crippen molar-refractivity contribution in [2.24, 2.45) is 11.8 Å². The Labute approximate surface area is 122 Å². The second-order valence-electron chi connectivity index (χ2n) is 5.17. The maximum Gasteiger partial charge on any atom is 0.310 e. The second-order valence-corrected chi connectivity index (χ2v) is 5.17. The fourth-order valence-electron chi connectivity index (χ4n) is 2.57. The average Bonchev–Trinajstić information content (AvgIpc) is 2.87. The van der Waals surface area contributed by atoms with E-state index >= 15 is 0 Å². The van der Waals surface area contributed by atoms with Crippen LogP contribution in [-0.4, -0.2) is 44.1 Å². The van der Waals surface area contributed by atoms with E-state index in [4.69, 9.17) is 9.47 Å². The molecule has 1 aliphatic rings. The summed E-state index contributed by atoms with van der Waals surface area (Å²) in [5.74, 6) is -1.42. The van der Waals surface area contributed by atoms with Crippen molar-refractivity contribution in [1.29, 1.82) is 0 Å². The first-order valence-corrected chi connectivity index (χ1v) is 6.68. The Morgan fingerprint density at radius 2 is 2.00 bits per heavy atom. The molecule has 5 nitrogen and oxygen atoms in total. The van der Waals surface area contributed by atoms with Crippen LogP contribution in [0.1, 0.15) is 17.3 Å². The summed E-state index contributed by atoms with van der Waals surface area (Å²) in [6, 6.07) is 4.08. The predicted octanol–water partition coefficient (Wildman–Crippen LogP) is 1.72. The van der Waals surface area contributed by atoms with E-state index < -0.39 is 5.82 Å². The van der Waals surface area contributed by atoms with Gasteiger partial charge >= 0.3 is 5.97 Å². The van der Waals surface area contributed by atoms with Crippen LogP contribution in [0, 0.1) is 17.7 Å². The molecule has 2 atom stereocenters. The van der Waals surface area contributed by atoms with Gasteiger partial charge in [-0.2, -0.15) is 0 Å². The zero-order chi connectivity index (χ0) is 15.6. The molecule has 1 heterocycles. The molecular formula is C15H18FNO4. The van der Waals surface area contributed by atoms with Gasteiger partial charge in [0.2, 0.25) is 0 Å². The predicted molar refractivity (Wildman–Crippen MR) is 73.5 cm³/mol. The third-order valence-electron chi connectivity index (χ3n) is 3.80. The molecule has 0 bridgehead atoms. The highest BCUT2D eigenvalue weighted by molar-refractivity contribution is 5.95. The second kappa shape index (κ2) is 6.11. The molecule has 21 heavy (non-hydrogen) atoms. The molecule has 0 aliphatic carbocycles. The molecule has 1 amide bonds. The Hall–Kier alpha value is -2.11. The number of ether oxygens (including phenoxy) is 2. The summed E-state index contributed by atoms with van der Waals surface area (Å²) in [6.45, 7) is 2.63. The molecule has 1 saturated heterocycles. The van der Waals surface area contributed by atoms with E-state index in [9.17, 15) is 14.0 Å². The van der Waals surface area contributed by atoms with Gasteiger partial charge in [0.05, 0.1) is 20.1 Å². The number of methoxy groups -OCH3 is 2. The number of carbonyl (C=O) groups is 2. The van der Waals surface area contributed by atoms with Gasteiger partial charge in [0.15, 0.2) is 11.6 Å². The maximum atomic E-state index is 13.7. The van der Waals surface area contributed by atoms with Crippen LogP contribution < -0.4 is 4.74 Å². The minimum Gasteiger partial charge on any atom is -0.494 e. The lowest BCUT2D eigenvalue weighted by Gasteiger charge is -2.16. The summed E-state index contributed by atoms with van der Waals surface area (Å²) in [4.78, 5) is 25.5. The molecule has 1 aliphatic heterocycles. The van der Waals surface area contributed by atoms with Crippen molar-refractivity contribution < 1.29 is 23.5 Å². The quantitative estimate of drug-likeness (QED) is 0.797. The van der Waals surface area contributed by atoms with Gasteiger partial charge in [-0.1, -0.05) is 6.92 Å². The van der Waals surface area contributed by atoms with Crippen molar-refractivity contribution >= 4 is 11.9 Å². The molecule has 0 aromatic heterocycles. The van der Waals surface area contributed by atoms with Crippen molar-refractivity contribution in [3.63, 3.8) is 0 Å². The van der Waals surface area contributed by atoms with Gasteiger partial charge in [-0.3, -0.25) is 9.59 Å². The van der Waals surface area contributed by atoms with E-state index in [2.05, 4.69) is 0 Å². The Bertz CT molecular complexity index is 561. The van der Waals surface area contributed by atoms with E-state index in [1.54, 1.807) is 4.90 Å². The minimum atomic E-state index is -0.583. The highest BCUT2D eigenvalue weighted by atomic mass is 19.1. The number of carbonyl (C=O) groups excluding carboxylic acids is 2. The van der Waals surface area contributed by atoms with Gasteiger partial charge in [0, 0.05) is 18.7 Å². The highest BCUT2D eigenvalue weighted by Crippen LogP contribution is 2.26. The minimum absolute atomic E-state index is 0.0181. The molecule has 0 radical (unpaired) electrons. The first-order valence-electron chi connectivity index (χ1n) is 6.68. The lowest BCUT2D eigenvalue weighted by Crippen LogP contribution is -2.30. The number of rotatable bonds is 3. The molecule has 0 spiro atoms. The number of hydrogen-bond donors (Lipinski definition) is 0. The molecule has 114 valence electrons. The van der Waals surface area contributed by atoms with Gasteiger partial charge in [-0.15, -0.1) is 0 Å². The maximum absolute atomic E-state index is 13.7. The number of likely N-dealkylation sites (tertiary alicyclic amines) is 1. The summed E-state index contributed by atoms with van der Waals surface area (Å²) in [5, 5.41) is 0. The standard InChI is InChI=1S/C15H18FNO4/c1-9-7-17(8-11(9)15(19)21-3)14(18)10-4-5-13(20-2)12(16)6-10/h4-6,9,11H,7-8H2,1-3H3. The van der Waals surface area contributed by atoms with E-state index in [0.29, 0.717) is 13.1 Å². The van der Waals surface area contributed by atoms with Crippen LogP contribution in [0.3, 0.4) is 0 Å². The smallest absolute Gasteiger partial charge is 0.310 e. The SMILES string of the molecule is COC(=O)C1CN(C(=O)c2ccc(OC)c(F)c2)CC1C. The molecule has 2 rings (SSSR count). The van der Waals surface area contributed by atoms with Crippen LogP contribution in [-0.2, 0) is 9.53 Å². The van der Waals surface area contributed by atoms with Crippen molar-refractivity contribution in [1.82, 2.24) is 4.90 Å². The molecular weight excluding hydrogens is 277 g/mol. The molecule has 0 saturated carbocycles. The largest absolute Gasteiger partial charge is 0.494 e. The summed E-state index contributed by atoms with van der Waals surface area (Å²) < 4.78 is 23.2. The van der Waals surface area contributed by atoms with Crippen molar-refractivity contribution in [3.05, 3.63) is 29.6 Å². The van der Waals surface area contributed by atoms with E-state index in [1.165, 1.54) is 26.4 Å². The summed E-state index contributed by atoms with van der Waals surface area (Å²) in [6.07, 6.45) is 0. The van der Waals surface area contributed by atoms with Crippen molar-refractivity contribution in [2.75, 3.05) is 27.3 Å². The number of nitrogens with zero attached hydrogens (tertiary/aromatic N) is 1. The number of hydrogen-bond acceptors (Lipinski definition) is 4. The number of amides is 1. The number of halogens is 1. The topological polar surface area (TPSA) is 55.8 Å². The first kappa shape index (κ1) is 15.3. The monoisotopic (exact) mass is 295 g/mol. The van der Waals surface area contributed by atoms with Gasteiger partial charge in [-0.25, -0.2) is 4.39 Å². The summed E-state index contributed by atoms with van der Waals surface area (Å²) in [7, 11) is 2.70. The lowest BCUT2D eigenvalue weighted by atomic mass is 9.99. The normalized spacial score (nSPS) is 21.2. The summed E-state index contributed by atoms with van der Waals surface area (Å²) in [5.41, 5.74) is 0.242. The molecule has 1 fully saturated rings. The van der Waals surface area contributed by atoms with E-state index in [-0.39, 0.29) is 35.0 Å². The Morgan fingerprint density at radius 1 is 1.29 bits per heavy atom. The Balaban J connectivity index is 2.14. The van der Waals surface area contributed by atoms with Crippen LogP contribution >= 0.6 is 0 Å². The number of benzene rings is 1. The van der Waals surface area contributed by atoms with Crippen molar-refractivity contribution in [3.8, 4) is 5.75 Å². The Morgan fingerprint density at radius 3 is 2.57 bits per heavy atom. The van der Waals surface area contributed by atoms with Crippen LogP contribution in [0.15, 0.2) is 18.2 Å². The zero-order valence-corrected chi connectivity index (χ0v) is 12.3. The van der Waals surface area contributed by atoms with Crippen molar-refractivity contribution in [2.45, 2.75) is 6.92 Å². The van der Waals surface area contributed by atoms with Crippen LogP contribution in [0.2, 0.25) is 0 Å². The average molecular weight is 295 g/mol. The van der Waals surface area contributed by atoms with Crippen LogP contribution in [0.4, 0.5) is 4.39 Å². The zero-order valence-electron chi connectivity index (χ0n) is 12.3. The third-order valence-corrected chi connectivity index (χ3v) is 3.80. The van der Waals surface area contributed by atoms with E-state index in [0.717, 1.165) is 6.07 Å². The Kier molecular flexibility index (Phi) is 4.45. The van der Waals surface area contributed by atoms with Gasteiger partial charge < -0.3 is 14.4 Å². The fraction of sp³-hybridized carbons (Fsp3) is 0.467. The third kappa shape index (κ3) is 2.99. The number of esters is 1. The fourth-order valence-corrected chi connectivity index (χ4v) is 2.57. The first-order chi connectivity index (χ1) is 9.97. The van der Waals surface area contributed by atoms with Gasteiger partial charge in [-0.05, 0) is 24.1 Å². The molecule has 1 aromatic rings. The van der Waals surface area contributed by atoms with Gasteiger partial charge in [0.1, 0.15) is 0 Å². The lowest BCUT2D eigenvalue weighted by molar-refractivity contribution is -0.146. The van der Waals surface area contributed by atoms with Crippen LogP contribution in [0.5, 0.6) is 5.75 Å². The molecule has 0 N–H and O–H groups in total. The van der Waals surface area contributed by atoms with Gasteiger partial charge in [0.25, 0.3) is 5.91 Å². The molecule has 1 aromatic carbocycles. The van der Waals surface area contributed by atoms with Crippen LogP contribution in [0.25, 0.3) is 0 Å². The molecule has 2 unspecified atom stereocenters.